The molecule has 0 aliphatic carbocycles. The standard InChI is InChI=1S/C19H21NO4S/c1-11(2)18(13-4-5-14-15(10-13)24-9-8-23-14)20-19(22)17-7-6-16(25-17)12(3)21/h4-7,10-11,18H,8-9H2,1-3H3,(H,20,22)/t18-/m0/s1. The van der Waals surface area contributed by atoms with Crippen molar-refractivity contribution < 1.29 is 19.1 Å². The van der Waals surface area contributed by atoms with Crippen LogP contribution in [0.1, 0.15) is 51.7 Å². The van der Waals surface area contributed by atoms with Crippen molar-refractivity contribution in [2.75, 3.05) is 13.2 Å². The Bertz CT molecular complexity index is 796. The van der Waals surface area contributed by atoms with Crippen LogP contribution in [0.25, 0.3) is 0 Å². The van der Waals surface area contributed by atoms with Crippen LogP contribution in [0.3, 0.4) is 0 Å². The lowest BCUT2D eigenvalue weighted by atomic mass is 9.95. The number of thiophene rings is 1. The Balaban J connectivity index is 1.81. The van der Waals surface area contributed by atoms with E-state index >= 15 is 0 Å². The highest BCUT2D eigenvalue weighted by molar-refractivity contribution is 7.15. The summed E-state index contributed by atoms with van der Waals surface area (Å²) in [6.45, 7) is 6.68. The fourth-order valence-corrected chi connectivity index (χ4v) is 3.55. The Morgan fingerprint density at radius 1 is 1.04 bits per heavy atom. The van der Waals surface area contributed by atoms with E-state index in [-0.39, 0.29) is 23.7 Å². The lowest BCUT2D eigenvalue weighted by molar-refractivity contribution is 0.0929. The van der Waals surface area contributed by atoms with Crippen LogP contribution in [-0.4, -0.2) is 24.9 Å². The molecule has 2 aromatic rings. The van der Waals surface area contributed by atoms with Gasteiger partial charge in [-0.05, 0) is 42.7 Å². The zero-order chi connectivity index (χ0) is 18.0. The van der Waals surface area contributed by atoms with Crippen molar-refractivity contribution in [3.63, 3.8) is 0 Å². The summed E-state index contributed by atoms with van der Waals surface area (Å²) in [6.07, 6.45) is 0. The lowest BCUT2D eigenvalue weighted by Crippen LogP contribution is -2.31. The predicted molar refractivity (Wildman–Crippen MR) is 96.8 cm³/mol. The molecule has 25 heavy (non-hydrogen) atoms. The number of amides is 1. The molecule has 0 spiro atoms. The minimum atomic E-state index is -0.175. The van der Waals surface area contributed by atoms with Gasteiger partial charge in [-0.1, -0.05) is 19.9 Å². The molecule has 0 bridgehead atoms. The Morgan fingerprint density at radius 2 is 1.72 bits per heavy atom. The lowest BCUT2D eigenvalue weighted by Gasteiger charge is -2.25. The Hall–Kier alpha value is -2.34. The van der Waals surface area contributed by atoms with E-state index in [0.29, 0.717) is 28.7 Å². The number of hydrogen-bond donors (Lipinski definition) is 1. The topological polar surface area (TPSA) is 64.6 Å². The van der Waals surface area contributed by atoms with Crippen LogP contribution in [-0.2, 0) is 0 Å². The van der Waals surface area contributed by atoms with Gasteiger partial charge in [-0.2, -0.15) is 0 Å². The van der Waals surface area contributed by atoms with Crippen molar-refractivity contribution in [1.29, 1.82) is 0 Å². The van der Waals surface area contributed by atoms with Gasteiger partial charge in [0.15, 0.2) is 17.3 Å². The second kappa shape index (κ2) is 7.27. The SMILES string of the molecule is CC(=O)c1ccc(C(=O)N[C@H](c2ccc3c(c2)OCCO3)C(C)C)s1. The molecule has 0 unspecified atom stereocenters. The number of carbonyl (C=O) groups is 2. The van der Waals surface area contributed by atoms with E-state index in [1.54, 1.807) is 12.1 Å². The van der Waals surface area contributed by atoms with Crippen molar-refractivity contribution in [2.45, 2.75) is 26.8 Å². The van der Waals surface area contributed by atoms with Gasteiger partial charge in [0.2, 0.25) is 0 Å². The maximum atomic E-state index is 12.6. The molecule has 0 saturated carbocycles. The molecule has 1 N–H and O–H groups in total. The summed E-state index contributed by atoms with van der Waals surface area (Å²) in [4.78, 5) is 25.1. The smallest absolute Gasteiger partial charge is 0.261 e. The molecule has 0 saturated heterocycles. The molecule has 0 fully saturated rings. The molecule has 1 atom stereocenters. The largest absolute Gasteiger partial charge is 0.486 e. The molecule has 6 heteroatoms. The Kier molecular flexibility index (Phi) is 5.08. The maximum absolute atomic E-state index is 12.6. The molecule has 0 radical (unpaired) electrons. The van der Waals surface area contributed by atoms with Gasteiger partial charge in [-0.15, -0.1) is 11.3 Å². The number of rotatable bonds is 5. The van der Waals surface area contributed by atoms with Crippen molar-refractivity contribution in [3.05, 3.63) is 45.6 Å². The number of nitrogens with one attached hydrogen (secondary N) is 1. The van der Waals surface area contributed by atoms with Crippen LogP contribution in [0.15, 0.2) is 30.3 Å². The fourth-order valence-electron chi connectivity index (χ4n) is 2.75. The fraction of sp³-hybridized carbons (Fsp3) is 0.368. The maximum Gasteiger partial charge on any atom is 0.261 e. The highest BCUT2D eigenvalue weighted by Crippen LogP contribution is 2.34. The first-order valence-electron chi connectivity index (χ1n) is 8.27. The number of Topliss-reactive ketones (excluding diaryl/α,β-unsaturated/α-hetero) is 1. The highest BCUT2D eigenvalue weighted by Gasteiger charge is 2.23. The normalized spacial score (nSPS) is 14.2. The average Bonchev–Trinajstić information content (AvgIpc) is 3.09. The summed E-state index contributed by atoms with van der Waals surface area (Å²) in [7, 11) is 0. The van der Waals surface area contributed by atoms with Crippen molar-refractivity contribution in [3.8, 4) is 11.5 Å². The molecule has 2 heterocycles. The molecular formula is C19H21NO4S. The van der Waals surface area contributed by atoms with Crippen molar-refractivity contribution in [1.82, 2.24) is 5.32 Å². The minimum Gasteiger partial charge on any atom is -0.486 e. The highest BCUT2D eigenvalue weighted by atomic mass is 32.1. The minimum absolute atomic E-state index is 0.0312. The number of fused-ring (bicyclic) bond motifs is 1. The third kappa shape index (κ3) is 3.85. The van der Waals surface area contributed by atoms with Crippen LogP contribution in [0.4, 0.5) is 0 Å². The summed E-state index contributed by atoms with van der Waals surface area (Å²) < 4.78 is 11.2. The first-order chi connectivity index (χ1) is 12.0. The van der Waals surface area contributed by atoms with E-state index in [4.69, 9.17) is 9.47 Å². The predicted octanol–water partition coefficient (Wildman–Crippen LogP) is 3.85. The summed E-state index contributed by atoms with van der Waals surface area (Å²) in [5.41, 5.74) is 0.968. The molecular weight excluding hydrogens is 338 g/mol. The van der Waals surface area contributed by atoms with Crippen molar-refractivity contribution >= 4 is 23.0 Å². The first-order valence-corrected chi connectivity index (χ1v) is 9.08. The number of benzene rings is 1. The zero-order valence-electron chi connectivity index (χ0n) is 14.5. The molecule has 3 rings (SSSR count). The number of hydrogen-bond acceptors (Lipinski definition) is 5. The van der Waals surface area contributed by atoms with Gasteiger partial charge >= 0.3 is 0 Å². The van der Waals surface area contributed by atoms with E-state index < -0.39 is 0 Å². The molecule has 1 aliphatic rings. The quantitative estimate of drug-likeness (QED) is 0.824. The number of ether oxygens (including phenoxy) is 2. The van der Waals surface area contributed by atoms with E-state index in [1.807, 2.05) is 18.2 Å². The van der Waals surface area contributed by atoms with Crippen LogP contribution in [0.2, 0.25) is 0 Å². The first kappa shape index (κ1) is 17.5. The summed E-state index contributed by atoms with van der Waals surface area (Å²) >= 11 is 1.21. The van der Waals surface area contributed by atoms with Gasteiger partial charge in [0.25, 0.3) is 5.91 Å². The monoisotopic (exact) mass is 359 g/mol. The molecule has 1 aromatic carbocycles. The molecule has 5 nitrogen and oxygen atoms in total. The van der Waals surface area contributed by atoms with Crippen LogP contribution >= 0.6 is 11.3 Å². The number of carbonyl (C=O) groups excluding carboxylic acids is 2. The van der Waals surface area contributed by atoms with E-state index in [0.717, 1.165) is 11.3 Å². The van der Waals surface area contributed by atoms with Gasteiger partial charge in [-0.25, -0.2) is 0 Å². The van der Waals surface area contributed by atoms with E-state index in [9.17, 15) is 9.59 Å². The van der Waals surface area contributed by atoms with Gasteiger partial charge < -0.3 is 14.8 Å². The van der Waals surface area contributed by atoms with Gasteiger partial charge in [0.05, 0.1) is 15.8 Å². The summed E-state index contributed by atoms with van der Waals surface area (Å²) in [5.74, 6) is 1.42. The average molecular weight is 359 g/mol. The van der Waals surface area contributed by atoms with Crippen LogP contribution in [0.5, 0.6) is 11.5 Å². The Morgan fingerprint density at radius 3 is 2.36 bits per heavy atom. The van der Waals surface area contributed by atoms with Crippen LogP contribution < -0.4 is 14.8 Å². The summed E-state index contributed by atoms with van der Waals surface area (Å²) in [5, 5.41) is 3.07. The molecule has 1 amide bonds. The molecule has 1 aromatic heterocycles. The third-order valence-corrected chi connectivity index (χ3v) is 5.24. The second-order valence-corrected chi connectivity index (χ2v) is 7.40. The Labute approximate surface area is 151 Å². The second-order valence-electron chi connectivity index (χ2n) is 6.32. The van der Waals surface area contributed by atoms with E-state index in [2.05, 4.69) is 19.2 Å². The third-order valence-electron chi connectivity index (χ3n) is 4.06. The van der Waals surface area contributed by atoms with Gasteiger partial charge in [-0.3, -0.25) is 9.59 Å². The molecule has 132 valence electrons. The summed E-state index contributed by atoms with van der Waals surface area (Å²) in [6, 6.07) is 8.98. The number of ketones is 1. The van der Waals surface area contributed by atoms with Gasteiger partial charge in [0.1, 0.15) is 13.2 Å². The van der Waals surface area contributed by atoms with E-state index in [1.165, 1.54) is 18.3 Å². The van der Waals surface area contributed by atoms with Crippen molar-refractivity contribution in [2.24, 2.45) is 5.92 Å². The van der Waals surface area contributed by atoms with Gasteiger partial charge in [0, 0.05) is 0 Å². The zero-order valence-corrected chi connectivity index (χ0v) is 15.3. The molecule has 1 aliphatic heterocycles. The van der Waals surface area contributed by atoms with Crippen LogP contribution in [0, 0.1) is 5.92 Å².